The molecule has 1 saturated heterocycles. The fourth-order valence-electron chi connectivity index (χ4n) is 2.69. The number of carbonyl (C=O) groups excluding carboxylic acids is 1. The van der Waals surface area contributed by atoms with E-state index >= 15 is 0 Å². The van der Waals surface area contributed by atoms with E-state index in [1.54, 1.807) is 0 Å². The van der Waals surface area contributed by atoms with Crippen LogP contribution in [0.4, 0.5) is 0 Å². The third-order valence-corrected chi connectivity index (χ3v) is 3.59. The van der Waals surface area contributed by atoms with Crippen LogP contribution in [0.3, 0.4) is 0 Å². The number of rotatable bonds is 3. The van der Waals surface area contributed by atoms with Crippen LogP contribution < -0.4 is 5.32 Å². The first-order chi connectivity index (χ1) is 8.83. The molecule has 0 radical (unpaired) electrons. The van der Waals surface area contributed by atoms with Crippen molar-refractivity contribution in [2.24, 2.45) is 0 Å². The van der Waals surface area contributed by atoms with Gasteiger partial charge in [-0.05, 0) is 18.4 Å². The van der Waals surface area contributed by atoms with Gasteiger partial charge in [-0.2, -0.15) is 0 Å². The van der Waals surface area contributed by atoms with E-state index in [9.17, 15) is 4.79 Å². The van der Waals surface area contributed by atoms with Crippen molar-refractivity contribution in [3.05, 3.63) is 35.9 Å². The van der Waals surface area contributed by atoms with Crippen LogP contribution in [0.15, 0.2) is 30.3 Å². The van der Waals surface area contributed by atoms with Gasteiger partial charge in [-0.15, -0.1) is 0 Å². The average molecular weight is 247 g/mol. The number of hydrogen-bond donors (Lipinski definition) is 1. The molecule has 3 atom stereocenters. The Balaban J connectivity index is 1.56. The predicted molar refractivity (Wildman–Crippen MR) is 65.9 cm³/mol. The molecule has 1 heterocycles. The van der Waals surface area contributed by atoms with Crippen molar-refractivity contribution < 1.29 is 14.3 Å². The van der Waals surface area contributed by atoms with E-state index in [0.29, 0.717) is 6.61 Å². The highest BCUT2D eigenvalue weighted by Crippen LogP contribution is 2.28. The number of benzene rings is 1. The Morgan fingerprint density at radius 3 is 2.94 bits per heavy atom. The van der Waals surface area contributed by atoms with E-state index in [1.807, 2.05) is 18.2 Å². The van der Waals surface area contributed by atoms with Crippen LogP contribution in [-0.2, 0) is 20.9 Å². The number of carbonyl (C=O) groups is 1. The van der Waals surface area contributed by atoms with E-state index in [-0.39, 0.29) is 30.8 Å². The molecular formula is C14H17NO3. The van der Waals surface area contributed by atoms with Gasteiger partial charge >= 0.3 is 0 Å². The van der Waals surface area contributed by atoms with E-state index in [2.05, 4.69) is 17.4 Å². The average Bonchev–Trinajstić information content (AvgIpc) is 2.80. The van der Waals surface area contributed by atoms with Gasteiger partial charge in [0.2, 0.25) is 5.91 Å². The maximum absolute atomic E-state index is 11.2. The molecule has 0 bridgehead atoms. The maximum Gasteiger partial charge on any atom is 0.246 e. The molecule has 4 heteroatoms. The minimum Gasteiger partial charge on any atom is -0.371 e. The van der Waals surface area contributed by atoms with Crippen molar-refractivity contribution in [3.63, 3.8) is 0 Å². The summed E-state index contributed by atoms with van der Waals surface area (Å²) in [5, 5.41) is 2.96. The Hall–Kier alpha value is -1.39. The van der Waals surface area contributed by atoms with Crippen molar-refractivity contribution in [1.29, 1.82) is 0 Å². The quantitative estimate of drug-likeness (QED) is 0.874. The summed E-state index contributed by atoms with van der Waals surface area (Å²) in [6, 6.07) is 10.2. The Morgan fingerprint density at radius 1 is 1.28 bits per heavy atom. The Morgan fingerprint density at radius 2 is 2.11 bits per heavy atom. The van der Waals surface area contributed by atoms with Gasteiger partial charge in [0.25, 0.3) is 0 Å². The minimum atomic E-state index is -0.0139. The molecule has 0 unspecified atom stereocenters. The third-order valence-electron chi connectivity index (χ3n) is 3.59. The highest BCUT2D eigenvalue weighted by molar-refractivity contribution is 5.78. The lowest BCUT2D eigenvalue weighted by molar-refractivity contribution is -0.142. The molecular weight excluding hydrogens is 230 g/mol. The molecule has 96 valence electrons. The molecule has 1 saturated carbocycles. The lowest BCUT2D eigenvalue weighted by atomic mass is 10.1. The first-order valence-electron chi connectivity index (χ1n) is 6.39. The van der Waals surface area contributed by atoms with E-state index in [0.717, 1.165) is 12.8 Å². The lowest BCUT2D eigenvalue weighted by Crippen LogP contribution is -2.52. The zero-order chi connectivity index (χ0) is 12.4. The molecule has 2 fully saturated rings. The topological polar surface area (TPSA) is 47.6 Å². The van der Waals surface area contributed by atoms with Gasteiger partial charge in [0.05, 0.1) is 18.8 Å². The summed E-state index contributed by atoms with van der Waals surface area (Å²) in [7, 11) is 0. The van der Waals surface area contributed by atoms with Crippen LogP contribution in [-0.4, -0.2) is 30.8 Å². The van der Waals surface area contributed by atoms with Gasteiger partial charge < -0.3 is 14.8 Å². The number of nitrogens with one attached hydrogen (secondary N) is 1. The van der Waals surface area contributed by atoms with Crippen molar-refractivity contribution in [1.82, 2.24) is 5.32 Å². The Bertz CT molecular complexity index is 420. The maximum atomic E-state index is 11.2. The van der Waals surface area contributed by atoms with Gasteiger partial charge in [-0.25, -0.2) is 0 Å². The molecule has 1 amide bonds. The molecule has 0 spiro atoms. The second kappa shape index (κ2) is 5.08. The smallest absolute Gasteiger partial charge is 0.246 e. The molecule has 0 aromatic heterocycles. The molecule has 2 aliphatic rings. The predicted octanol–water partition coefficient (Wildman–Crippen LogP) is 1.25. The second-order valence-electron chi connectivity index (χ2n) is 4.86. The first kappa shape index (κ1) is 11.7. The summed E-state index contributed by atoms with van der Waals surface area (Å²) in [4.78, 5) is 11.2. The first-order valence-corrected chi connectivity index (χ1v) is 6.39. The van der Waals surface area contributed by atoms with Crippen LogP contribution in [0, 0.1) is 0 Å². The van der Waals surface area contributed by atoms with Crippen molar-refractivity contribution >= 4 is 5.91 Å². The highest BCUT2D eigenvalue weighted by atomic mass is 16.5. The largest absolute Gasteiger partial charge is 0.371 e. The number of ether oxygens (including phenoxy) is 2. The summed E-state index contributed by atoms with van der Waals surface area (Å²) in [5.74, 6) is -0.0139. The van der Waals surface area contributed by atoms with Crippen molar-refractivity contribution in [2.75, 3.05) is 6.61 Å². The Labute approximate surface area is 106 Å². The van der Waals surface area contributed by atoms with Crippen LogP contribution >= 0.6 is 0 Å². The second-order valence-corrected chi connectivity index (χ2v) is 4.86. The van der Waals surface area contributed by atoms with Crippen LogP contribution in [0.2, 0.25) is 0 Å². The standard InChI is InChI=1S/C14H17NO3/c16-13-9-18-14-11(15-13)6-7-12(14)17-8-10-4-2-1-3-5-10/h1-5,11-12,14H,6-9H2,(H,15,16)/t11-,12+,14-/m0/s1. The zero-order valence-corrected chi connectivity index (χ0v) is 10.2. The summed E-state index contributed by atoms with van der Waals surface area (Å²) in [5.41, 5.74) is 1.17. The zero-order valence-electron chi connectivity index (χ0n) is 10.2. The van der Waals surface area contributed by atoms with E-state index < -0.39 is 0 Å². The molecule has 1 aromatic carbocycles. The Kier molecular flexibility index (Phi) is 3.30. The molecule has 1 aromatic rings. The highest BCUT2D eigenvalue weighted by Gasteiger charge is 2.41. The van der Waals surface area contributed by atoms with Gasteiger partial charge in [-0.1, -0.05) is 30.3 Å². The molecule has 4 nitrogen and oxygen atoms in total. The van der Waals surface area contributed by atoms with Crippen molar-refractivity contribution in [3.8, 4) is 0 Å². The third kappa shape index (κ3) is 2.40. The summed E-state index contributed by atoms with van der Waals surface area (Å²) < 4.78 is 11.5. The minimum absolute atomic E-state index is 0.0139. The van der Waals surface area contributed by atoms with Crippen LogP contribution in [0.25, 0.3) is 0 Å². The molecule has 1 aliphatic heterocycles. The molecule has 3 rings (SSSR count). The van der Waals surface area contributed by atoms with Crippen molar-refractivity contribution in [2.45, 2.75) is 37.7 Å². The van der Waals surface area contributed by atoms with E-state index in [4.69, 9.17) is 9.47 Å². The molecule has 1 aliphatic carbocycles. The molecule has 18 heavy (non-hydrogen) atoms. The van der Waals surface area contributed by atoms with Gasteiger partial charge in [0.1, 0.15) is 12.7 Å². The summed E-state index contributed by atoms with van der Waals surface area (Å²) >= 11 is 0. The molecule has 1 N–H and O–H groups in total. The van der Waals surface area contributed by atoms with Crippen LogP contribution in [0.1, 0.15) is 18.4 Å². The summed E-state index contributed by atoms with van der Waals surface area (Å²) in [6.45, 7) is 0.762. The number of morpholine rings is 1. The number of fused-ring (bicyclic) bond motifs is 1. The van der Waals surface area contributed by atoms with Crippen LogP contribution in [0.5, 0.6) is 0 Å². The fourth-order valence-corrected chi connectivity index (χ4v) is 2.69. The van der Waals surface area contributed by atoms with Gasteiger partial charge in [0, 0.05) is 0 Å². The summed E-state index contributed by atoms with van der Waals surface area (Å²) in [6.07, 6.45) is 2.00. The lowest BCUT2D eigenvalue weighted by Gasteiger charge is -2.30. The monoisotopic (exact) mass is 247 g/mol. The van der Waals surface area contributed by atoms with Gasteiger partial charge in [0.15, 0.2) is 0 Å². The normalized spacial score (nSPS) is 30.9. The van der Waals surface area contributed by atoms with E-state index in [1.165, 1.54) is 5.56 Å². The fraction of sp³-hybridized carbons (Fsp3) is 0.500. The number of amides is 1. The van der Waals surface area contributed by atoms with Gasteiger partial charge in [-0.3, -0.25) is 4.79 Å². The number of hydrogen-bond acceptors (Lipinski definition) is 3. The SMILES string of the molecule is O=C1CO[C@H]2[C@H](CC[C@H]2OCc2ccccc2)N1.